The first-order valence-electron chi connectivity index (χ1n) is 16.7. The van der Waals surface area contributed by atoms with E-state index < -0.39 is 8.32 Å². The molecule has 4 aliphatic rings. The fourth-order valence-electron chi connectivity index (χ4n) is 10.7. The molecule has 1 heterocycles. The largest absolute Gasteiger partial charge is 0.409 e. The lowest BCUT2D eigenvalue weighted by molar-refractivity contribution is -0.170. The summed E-state index contributed by atoms with van der Waals surface area (Å²) >= 11 is 0. The van der Waals surface area contributed by atoms with Crippen LogP contribution in [0.15, 0.2) is 12.4 Å². The highest BCUT2D eigenvalue weighted by Crippen LogP contribution is 2.69. The molecule has 1 aromatic heterocycles. The summed E-state index contributed by atoms with van der Waals surface area (Å²) in [6.07, 6.45) is 14.9. The molecule has 0 radical (unpaired) electrons. The summed E-state index contributed by atoms with van der Waals surface area (Å²) in [4.78, 5) is 0. The van der Waals surface area contributed by atoms with Crippen LogP contribution in [0.5, 0.6) is 0 Å². The number of hydrogen-bond acceptors (Lipinski definition) is 5. The van der Waals surface area contributed by atoms with E-state index in [1.54, 1.807) is 6.20 Å². The van der Waals surface area contributed by atoms with Gasteiger partial charge in [-0.25, -0.2) is 0 Å². The van der Waals surface area contributed by atoms with Gasteiger partial charge in [0.1, 0.15) is 6.07 Å². The van der Waals surface area contributed by atoms with Gasteiger partial charge >= 0.3 is 0 Å². The lowest BCUT2D eigenvalue weighted by Gasteiger charge is -2.63. The Hall–Kier alpha value is -1.20. The van der Waals surface area contributed by atoms with E-state index in [-0.39, 0.29) is 21.7 Å². The van der Waals surface area contributed by atoms with Crippen molar-refractivity contribution in [1.82, 2.24) is 9.78 Å². The van der Waals surface area contributed by atoms with E-state index in [0.717, 1.165) is 37.2 Å². The topological polar surface area (TPSA) is 69.3 Å². The van der Waals surface area contributed by atoms with Crippen LogP contribution in [-0.4, -0.2) is 50.1 Å². The van der Waals surface area contributed by atoms with Crippen molar-refractivity contribution in [3.63, 3.8) is 0 Å². The molecule has 42 heavy (non-hydrogen) atoms. The van der Waals surface area contributed by atoms with E-state index in [2.05, 4.69) is 65.8 Å². The molecule has 6 nitrogen and oxygen atoms in total. The molecule has 3 unspecified atom stereocenters. The molecule has 0 amide bonds. The minimum absolute atomic E-state index is 0.130. The maximum atomic E-state index is 9.32. The number of nitriles is 1. The van der Waals surface area contributed by atoms with Crippen LogP contribution < -0.4 is 0 Å². The van der Waals surface area contributed by atoms with Crippen LogP contribution in [-0.2, 0) is 20.4 Å². The molecule has 236 valence electrons. The van der Waals surface area contributed by atoms with E-state index in [9.17, 15) is 5.26 Å². The predicted molar refractivity (Wildman–Crippen MR) is 170 cm³/mol. The minimum atomic E-state index is -1.92. The highest BCUT2D eigenvalue weighted by atomic mass is 28.4. The van der Waals surface area contributed by atoms with E-state index in [1.807, 2.05) is 25.1 Å². The molecule has 0 aliphatic heterocycles. The standard InChI is InChI=1S/C35H59N3O3Si/c1-31(2,3)42(9,10)41-35(24-39-7)18-17-32(4)26(19-35)11-12-27-28-13-14-30(33(28,5)16-15-29(27)32)34(6,40-8)23-38-22-25(20-36)21-37-38/h21-22,26-30H,11-19,23-24H2,1-10H3/t26-,27+,28+,29+,30?,32+,33+,34?,35?/m1/s1. The van der Waals surface area contributed by atoms with Crippen molar-refractivity contribution in [1.29, 1.82) is 5.26 Å². The van der Waals surface area contributed by atoms with Crippen molar-refractivity contribution in [2.24, 2.45) is 40.4 Å². The maximum Gasteiger partial charge on any atom is 0.192 e. The van der Waals surface area contributed by atoms with Crippen molar-refractivity contribution in [2.45, 2.75) is 135 Å². The van der Waals surface area contributed by atoms with Crippen LogP contribution in [0.3, 0.4) is 0 Å². The van der Waals surface area contributed by atoms with E-state index in [0.29, 0.717) is 29.4 Å². The molecule has 0 N–H and O–H groups in total. The summed E-state index contributed by atoms with van der Waals surface area (Å²) < 4.78 is 21.5. The van der Waals surface area contributed by atoms with Crippen molar-refractivity contribution in [3.8, 4) is 6.07 Å². The number of fused-ring (bicyclic) bond motifs is 5. The molecule has 0 spiro atoms. The zero-order valence-corrected chi connectivity index (χ0v) is 29.4. The van der Waals surface area contributed by atoms with Crippen LogP contribution in [0, 0.1) is 51.8 Å². The first-order valence-corrected chi connectivity index (χ1v) is 19.6. The molecular formula is C35H59N3O3Si. The second-order valence-corrected chi connectivity index (χ2v) is 21.8. The fourth-order valence-corrected chi connectivity index (χ4v) is 12.3. The Bertz CT molecular complexity index is 1170. The Morgan fingerprint density at radius 2 is 1.71 bits per heavy atom. The van der Waals surface area contributed by atoms with Gasteiger partial charge in [0, 0.05) is 20.4 Å². The third kappa shape index (κ3) is 5.25. The van der Waals surface area contributed by atoms with Gasteiger partial charge in [-0.3, -0.25) is 4.68 Å². The van der Waals surface area contributed by atoms with Crippen molar-refractivity contribution >= 4 is 8.32 Å². The van der Waals surface area contributed by atoms with Crippen molar-refractivity contribution in [3.05, 3.63) is 18.0 Å². The zero-order chi connectivity index (χ0) is 30.8. The molecular weight excluding hydrogens is 538 g/mol. The molecule has 0 bridgehead atoms. The molecule has 4 saturated carbocycles. The quantitative estimate of drug-likeness (QED) is 0.282. The van der Waals surface area contributed by atoms with E-state index in [4.69, 9.17) is 13.9 Å². The van der Waals surface area contributed by atoms with Gasteiger partial charge in [-0.05, 0) is 123 Å². The van der Waals surface area contributed by atoms with Gasteiger partial charge < -0.3 is 13.9 Å². The average molecular weight is 598 g/mol. The van der Waals surface area contributed by atoms with Gasteiger partial charge in [0.2, 0.25) is 0 Å². The van der Waals surface area contributed by atoms with Gasteiger partial charge in [0.15, 0.2) is 8.32 Å². The summed E-state index contributed by atoms with van der Waals surface area (Å²) in [6.45, 7) is 20.9. The summed E-state index contributed by atoms with van der Waals surface area (Å²) in [6, 6.07) is 2.22. The summed E-state index contributed by atoms with van der Waals surface area (Å²) in [7, 11) is 1.82. The smallest absolute Gasteiger partial charge is 0.192 e. The van der Waals surface area contributed by atoms with Crippen LogP contribution in [0.25, 0.3) is 0 Å². The number of aromatic nitrogens is 2. The SMILES string of the molecule is COCC1(O[Si](C)(C)C(C)(C)C)CC[C@@]2(C)[C@H](CC[C@@H]3[C@@H]2CC[C@]2(C)C(C(C)(Cn4cc(C#N)cn4)OC)CC[C@@H]32)C1. The molecule has 1 aromatic rings. The lowest BCUT2D eigenvalue weighted by atomic mass is 9.43. The first kappa shape index (κ1) is 32.2. The second-order valence-electron chi connectivity index (χ2n) is 17.1. The van der Waals surface area contributed by atoms with Crippen molar-refractivity contribution in [2.75, 3.05) is 20.8 Å². The van der Waals surface area contributed by atoms with Gasteiger partial charge in [-0.1, -0.05) is 34.6 Å². The highest BCUT2D eigenvalue weighted by molar-refractivity contribution is 6.74. The molecule has 0 saturated heterocycles. The maximum absolute atomic E-state index is 9.32. The number of methoxy groups -OCH3 is 2. The zero-order valence-electron chi connectivity index (χ0n) is 28.4. The van der Waals surface area contributed by atoms with Crippen molar-refractivity contribution < 1.29 is 13.9 Å². The summed E-state index contributed by atoms with van der Waals surface area (Å²) in [5, 5.41) is 14.0. The Labute approximate surface area is 257 Å². The van der Waals surface area contributed by atoms with Gasteiger partial charge in [-0.2, -0.15) is 10.4 Å². The Morgan fingerprint density at radius 1 is 1.00 bits per heavy atom. The molecule has 4 aliphatic carbocycles. The molecule has 5 rings (SSSR count). The predicted octanol–water partition coefficient (Wildman–Crippen LogP) is 8.23. The van der Waals surface area contributed by atoms with Gasteiger partial charge in [0.05, 0.1) is 36.1 Å². The average Bonchev–Trinajstić information content (AvgIpc) is 3.52. The normalized spacial score (nSPS) is 40.0. The third-order valence-electron chi connectivity index (χ3n) is 13.9. The number of hydrogen-bond donors (Lipinski definition) is 0. The van der Waals surface area contributed by atoms with Crippen LogP contribution in [0.1, 0.15) is 105 Å². The monoisotopic (exact) mass is 597 g/mol. The molecule has 9 atom stereocenters. The highest BCUT2D eigenvalue weighted by Gasteiger charge is 2.64. The first-order chi connectivity index (χ1) is 19.6. The molecule has 7 heteroatoms. The van der Waals surface area contributed by atoms with E-state index in [1.165, 1.54) is 44.9 Å². The van der Waals surface area contributed by atoms with Crippen LogP contribution >= 0.6 is 0 Å². The number of nitrogens with zero attached hydrogens (tertiary/aromatic N) is 3. The van der Waals surface area contributed by atoms with Gasteiger partial charge in [0.25, 0.3) is 0 Å². The Morgan fingerprint density at radius 3 is 2.33 bits per heavy atom. The summed E-state index contributed by atoms with van der Waals surface area (Å²) in [5.74, 6) is 3.57. The lowest BCUT2D eigenvalue weighted by Crippen LogP contribution is -2.60. The Kier molecular flexibility index (Phi) is 8.43. The Balaban J connectivity index is 1.35. The van der Waals surface area contributed by atoms with Crippen LogP contribution in [0.2, 0.25) is 18.1 Å². The number of rotatable bonds is 8. The minimum Gasteiger partial charge on any atom is -0.409 e. The second kappa shape index (κ2) is 11.0. The summed E-state index contributed by atoms with van der Waals surface area (Å²) in [5.41, 5.74) is 0.853. The third-order valence-corrected chi connectivity index (χ3v) is 18.5. The fraction of sp³-hybridized carbons (Fsp3) is 0.886. The van der Waals surface area contributed by atoms with Gasteiger partial charge in [-0.15, -0.1) is 0 Å². The van der Waals surface area contributed by atoms with E-state index >= 15 is 0 Å². The molecule has 4 fully saturated rings. The molecule has 0 aromatic carbocycles. The number of ether oxygens (including phenoxy) is 2. The van der Waals surface area contributed by atoms with Crippen LogP contribution in [0.4, 0.5) is 0 Å².